The highest BCUT2D eigenvalue weighted by Crippen LogP contribution is 2.22. The second kappa shape index (κ2) is 4.53. The van der Waals surface area contributed by atoms with E-state index in [1.807, 2.05) is 6.92 Å². The van der Waals surface area contributed by atoms with Crippen molar-refractivity contribution in [1.82, 2.24) is 0 Å². The number of hydrogen-bond acceptors (Lipinski definition) is 0. The summed E-state index contributed by atoms with van der Waals surface area (Å²) in [4.78, 5) is 0. The fraction of sp³-hybridized carbons (Fsp3) is 0.467. The third-order valence-electron chi connectivity index (χ3n) is 2.43. The molecule has 0 saturated heterocycles. The van der Waals surface area contributed by atoms with Gasteiger partial charge in [0.05, 0.1) is 0 Å². The van der Waals surface area contributed by atoms with Gasteiger partial charge in [0.15, 0.2) is 0 Å². The van der Waals surface area contributed by atoms with E-state index < -0.39 is 0 Å². The van der Waals surface area contributed by atoms with Gasteiger partial charge in [-0.15, -0.1) is 0 Å². The van der Waals surface area contributed by atoms with Gasteiger partial charge < -0.3 is 0 Å². The first-order valence-electron chi connectivity index (χ1n) is 5.43. The number of hydrogen-bond donors (Lipinski definition) is 0. The smallest absolute Gasteiger partial charge is 0.0434 e. The maximum Gasteiger partial charge on any atom is 0.0434 e. The van der Waals surface area contributed by atoms with E-state index >= 15 is 0 Å². The minimum Gasteiger partial charge on any atom is -0.0812 e. The van der Waals surface area contributed by atoms with Crippen LogP contribution in [0, 0.1) is 17.8 Å². The van der Waals surface area contributed by atoms with Crippen molar-refractivity contribution >= 4 is 0 Å². The van der Waals surface area contributed by atoms with Gasteiger partial charge in [-0.2, -0.15) is 0 Å². The fourth-order valence-electron chi connectivity index (χ4n) is 1.62. The summed E-state index contributed by atoms with van der Waals surface area (Å²) in [7, 11) is 0. The summed E-state index contributed by atoms with van der Waals surface area (Å²) >= 11 is 0. The zero-order chi connectivity index (χ0) is 11.5. The lowest BCUT2D eigenvalue weighted by atomic mass is 9.87. The van der Waals surface area contributed by atoms with Crippen molar-refractivity contribution < 1.29 is 0 Å². The molecule has 0 N–H and O–H groups in total. The predicted octanol–water partition coefficient (Wildman–Crippen LogP) is 3.97. The zero-order valence-corrected chi connectivity index (χ0v) is 10.1. The molecule has 0 heterocycles. The van der Waals surface area contributed by atoms with Crippen LogP contribution in [-0.2, 0) is 6.42 Å². The summed E-state index contributed by atoms with van der Waals surface area (Å²) in [5.74, 6) is 2.60. The first kappa shape index (κ1) is 11.9. The van der Waals surface area contributed by atoms with Crippen molar-refractivity contribution in [3.63, 3.8) is 0 Å². The Bertz CT molecular complexity index is 343. The van der Waals surface area contributed by atoms with Gasteiger partial charge >= 0.3 is 0 Å². The van der Waals surface area contributed by atoms with Gasteiger partial charge in [-0.05, 0) is 36.3 Å². The standard InChI is InChI=1S/C15H19/c1-6-12(2)14-9-7-13(8-10-14)11-15(3,4)5/h7-10,12H,11H2,2-5H3. The average molecular weight is 199 g/mol. The molecule has 0 spiro atoms. The highest BCUT2D eigenvalue weighted by Gasteiger charge is 2.11. The van der Waals surface area contributed by atoms with E-state index in [0.717, 1.165) is 6.42 Å². The van der Waals surface area contributed by atoms with Crippen LogP contribution in [0.1, 0.15) is 44.7 Å². The van der Waals surface area contributed by atoms with Crippen molar-refractivity contribution in [1.29, 1.82) is 0 Å². The highest BCUT2D eigenvalue weighted by molar-refractivity contribution is 5.29. The average Bonchev–Trinajstić information content (AvgIpc) is 2.15. The Morgan fingerprint density at radius 1 is 1.20 bits per heavy atom. The Morgan fingerprint density at radius 3 is 2.13 bits per heavy atom. The van der Waals surface area contributed by atoms with Crippen LogP contribution in [0.5, 0.6) is 0 Å². The topological polar surface area (TPSA) is 0 Å². The van der Waals surface area contributed by atoms with Crippen LogP contribution in [0.15, 0.2) is 24.3 Å². The van der Waals surface area contributed by atoms with Gasteiger partial charge in [0, 0.05) is 5.92 Å². The fourth-order valence-corrected chi connectivity index (χ4v) is 1.62. The van der Waals surface area contributed by atoms with Gasteiger partial charge in [0.1, 0.15) is 0 Å². The number of benzene rings is 1. The minimum absolute atomic E-state index is 0.105. The molecule has 0 amide bonds. The molecule has 1 atom stereocenters. The first-order chi connectivity index (χ1) is 6.92. The molecular formula is C15H19. The predicted molar refractivity (Wildman–Crippen MR) is 65.1 cm³/mol. The molecule has 1 unspecified atom stereocenters. The summed E-state index contributed by atoms with van der Waals surface area (Å²) < 4.78 is 0. The van der Waals surface area contributed by atoms with Crippen LogP contribution < -0.4 is 0 Å². The quantitative estimate of drug-likeness (QED) is 0.632. The summed E-state index contributed by atoms with van der Waals surface area (Å²) in [5, 5.41) is 0. The maximum absolute atomic E-state index is 7.09. The molecule has 15 heavy (non-hydrogen) atoms. The summed E-state index contributed by atoms with van der Waals surface area (Å²) in [5.41, 5.74) is 2.87. The molecule has 0 aliphatic heterocycles. The lowest BCUT2D eigenvalue weighted by Gasteiger charge is -2.18. The normalized spacial score (nSPS) is 13.3. The molecule has 1 aromatic carbocycles. The van der Waals surface area contributed by atoms with Crippen molar-refractivity contribution in [2.45, 2.75) is 40.0 Å². The summed E-state index contributed by atoms with van der Waals surface area (Å²) in [6, 6.07) is 8.53. The third kappa shape index (κ3) is 3.80. The lowest BCUT2D eigenvalue weighted by molar-refractivity contribution is 0.411. The maximum atomic E-state index is 7.09. The highest BCUT2D eigenvalue weighted by atomic mass is 14.2. The van der Waals surface area contributed by atoms with E-state index in [4.69, 9.17) is 6.42 Å². The minimum atomic E-state index is 0.105. The lowest BCUT2D eigenvalue weighted by Crippen LogP contribution is -2.09. The summed E-state index contributed by atoms with van der Waals surface area (Å²) in [6.45, 7) is 8.73. The molecule has 0 fully saturated rings. The van der Waals surface area contributed by atoms with Gasteiger partial charge in [0.2, 0.25) is 0 Å². The second-order valence-electron chi connectivity index (χ2n) is 5.35. The summed E-state index contributed by atoms with van der Waals surface area (Å²) in [6.07, 6.45) is 8.19. The Hall–Kier alpha value is -1.22. The first-order valence-corrected chi connectivity index (χ1v) is 5.43. The van der Waals surface area contributed by atoms with Gasteiger partial charge in [-0.25, -0.2) is 0 Å². The van der Waals surface area contributed by atoms with Crippen molar-refractivity contribution in [3.05, 3.63) is 41.8 Å². The van der Waals surface area contributed by atoms with Crippen LogP contribution >= 0.6 is 0 Å². The molecule has 0 bridgehead atoms. The molecule has 1 rings (SSSR count). The van der Waals surface area contributed by atoms with E-state index in [9.17, 15) is 0 Å². The molecule has 0 aromatic heterocycles. The van der Waals surface area contributed by atoms with E-state index in [1.165, 1.54) is 11.1 Å². The van der Waals surface area contributed by atoms with Crippen molar-refractivity contribution in [2.75, 3.05) is 0 Å². The van der Waals surface area contributed by atoms with Gasteiger partial charge in [-0.3, -0.25) is 0 Å². The molecule has 1 aromatic rings. The van der Waals surface area contributed by atoms with Crippen LogP contribution in [0.3, 0.4) is 0 Å². The molecule has 0 saturated carbocycles. The molecule has 0 nitrogen and oxygen atoms in total. The Labute approximate surface area is 93.7 Å². The van der Waals surface area contributed by atoms with E-state index in [2.05, 4.69) is 51.0 Å². The molecule has 0 heteroatoms. The molecule has 0 aliphatic rings. The number of rotatable bonds is 2. The van der Waals surface area contributed by atoms with Crippen molar-refractivity contribution in [2.24, 2.45) is 5.41 Å². The van der Waals surface area contributed by atoms with E-state index in [1.54, 1.807) is 0 Å². The largest absolute Gasteiger partial charge is 0.0812 e. The molecule has 79 valence electrons. The van der Waals surface area contributed by atoms with Crippen molar-refractivity contribution in [3.8, 4) is 5.92 Å². The second-order valence-corrected chi connectivity index (χ2v) is 5.35. The third-order valence-corrected chi connectivity index (χ3v) is 2.43. The SMILES string of the molecule is [C]#CC(C)c1ccc(CC(C)(C)C)cc1. The molecule has 1 radical (unpaired) electrons. The van der Waals surface area contributed by atoms with Gasteiger partial charge in [0.25, 0.3) is 0 Å². The Kier molecular flexibility index (Phi) is 3.58. The van der Waals surface area contributed by atoms with Crippen LogP contribution in [-0.4, -0.2) is 0 Å². The monoisotopic (exact) mass is 199 g/mol. The Morgan fingerprint density at radius 2 is 1.73 bits per heavy atom. The molecule has 0 aliphatic carbocycles. The van der Waals surface area contributed by atoms with Crippen LogP contribution in [0.4, 0.5) is 0 Å². The van der Waals surface area contributed by atoms with Crippen LogP contribution in [0.25, 0.3) is 0 Å². The van der Waals surface area contributed by atoms with Gasteiger partial charge in [-0.1, -0.05) is 51.0 Å². The van der Waals surface area contributed by atoms with Crippen LogP contribution in [0.2, 0.25) is 0 Å². The van der Waals surface area contributed by atoms with E-state index in [-0.39, 0.29) is 5.92 Å². The zero-order valence-electron chi connectivity index (χ0n) is 10.1. The molecular weight excluding hydrogens is 180 g/mol. The Balaban J connectivity index is 2.78. The van der Waals surface area contributed by atoms with E-state index in [0.29, 0.717) is 5.41 Å².